The van der Waals surface area contributed by atoms with E-state index in [1.54, 1.807) is 4.90 Å². The van der Waals surface area contributed by atoms with Crippen LogP contribution < -0.4 is 0 Å². The van der Waals surface area contributed by atoms with Crippen LogP contribution in [0.3, 0.4) is 0 Å². The number of carbonyl (C=O) groups excluding carboxylic acids is 1. The van der Waals surface area contributed by atoms with E-state index in [-0.39, 0.29) is 12.7 Å². The van der Waals surface area contributed by atoms with Gasteiger partial charge in [0.25, 0.3) is 0 Å². The van der Waals surface area contributed by atoms with Gasteiger partial charge in [0, 0.05) is 19.0 Å². The first-order chi connectivity index (χ1) is 6.76. The van der Waals surface area contributed by atoms with Gasteiger partial charge in [0.2, 0.25) is 0 Å². The van der Waals surface area contributed by atoms with Crippen LogP contribution in [0.2, 0.25) is 0 Å². The maximum atomic E-state index is 11.3. The molecule has 0 rings (SSSR count). The largest absolute Gasteiger partial charge is 0.447 e. The standard InChI is InChI=1S/C9H18ClNO3/c1-3-11(4-2)9(12)14-8-7-13-6-5-10/h3-8H2,1-2H3. The van der Waals surface area contributed by atoms with Crippen LogP contribution >= 0.6 is 11.6 Å². The zero-order chi connectivity index (χ0) is 10.8. The highest BCUT2D eigenvalue weighted by atomic mass is 35.5. The fourth-order valence-electron chi connectivity index (χ4n) is 0.918. The summed E-state index contributed by atoms with van der Waals surface area (Å²) >= 11 is 5.40. The normalized spacial score (nSPS) is 9.93. The van der Waals surface area contributed by atoms with Gasteiger partial charge in [-0.2, -0.15) is 0 Å². The van der Waals surface area contributed by atoms with Crippen LogP contribution in [-0.2, 0) is 9.47 Å². The van der Waals surface area contributed by atoms with Gasteiger partial charge < -0.3 is 14.4 Å². The van der Waals surface area contributed by atoms with E-state index < -0.39 is 0 Å². The van der Waals surface area contributed by atoms with E-state index in [1.165, 1.54) is 0 Å². The number of amides is 1. The lowest BCUT2D eigenvalue weighted by Crippen LogP contribution is -2.31. The minimum absolute atomic E-state index is 0.284. The molecule has 0 spiro atoms. The Morgan fingerprint density at radius 2 is 1.86 bits per heavy atom. The number of alkyl halides is 1. The summed E-state index contributed by atoms with van der Waals surface area (Å²) in [7, 11) is 0. The van der Waals surface area contributed by atoms with Gasteiger partial charge in [-0.05, 0) is 13.8 Å². The first-order valence-corrected chi connectivity index (χ1v) is 5.35. The maximum absolute atomic E-state index is 11.3. The molecule has 1 amide bonds. The van der Waals surface area contributed by atoms with Crippen LogP contribution in [0.4, 0.5) is 4.79 Å². The first kappa shape index (κ1) is 13.5. The maximum Gasteiger partial charge on any atom is 0.409 e. The van der Waals surface area contributed by atoms with Crippen molar-refractivity contribution in [1.29, 1.82) is 0 Å². The van der Waals surface area contributed by atoms with E-state index >= 15 is 0 Å². The summed E-state index contributed by atoms with van der Waals surface area (Å²) in [5.74, 6) is 0.462. The van der Waals surface area contributed by atoms with Crippen LogP contribution in [0.15, 0.2) is 0 Å². The molecule has 0 radical (unpaired) electrons. The van der Waals surface area contributed by atoms with Crippen molar-refractivity contribution < 1.29 is 14.3 Å². The fraction of sp³-hybridized carbons (Fsp3) is 0.889. The number of hydrogen-bond donors (Lipinski definition) is 0. The van der Waals surface area contributed by atoms with Crippen LogP contribution in [0.5, 0.6) is 0 Å². The summed E-state index contributed by atoms with van der Waals surface area (Å²) in [5, 5.41) is 0. The van der Waals surface area contributed by atoms with Crippen molar-refractivity contribution in [3.05, 3.63) is 0 Å². The van der Waals surface area contributed by atoms with Crippen molar-refractivity contribution in [2.45, 2.75) is 13.8 Å². The van der Waals surface area contributed by atoms with E-state index in [0.717, 1.165) is 0 Å². The fourth-order valence-corrected chi connectivity index (χ4v) is 1.03. The third-order valence-corrected chi connectivity index (χ3v) is 1.85. The molecule has 0 aliphatic carbocycles. The van der Waals surface area contributed by atoms with Crippen molar-refractivity contribution in [1.82, 2.24) is 4.90 Å². The molecule has 0 heterocycles. The number of halogens is 1. The molecule has 14 heavy (non-hydrogen) atoms. The molecule has 0 aromatic rings. The number of carbonyl (C=O) groups is 1. The molecule has 0 aliphatic rings. The second kappa shape index (κ2) is 9.09. The van der Waals surface area contributed by atoms with Gasteiger partial charge in [-0.3, -0.25) is 0 Å². The minimum atomic E-state index is -0.288. The quantitative estimate of drug-likeness (QED) is 0.487. The minimum Gasteiger partial charge on any atom is -0.447 e. The molecule has 4 nitrogen and oxygen atoms in total. The Hall–Kier alpha value is -0.480. The molecular weight excluding hydrogens is 206 g/mol. The molecule has 0 aromatic heterocycles. The van der Waals surface area contributed by atoms with Gasteiger partial charge >= 0.3 is 6.09 Å². The van der Waals surface area contributed by atoms with E-state index in [2.05, 4.69) is 0 Å². The highest BCUT2D eigenvalue weighted by Gasteiger charge is 2.09. The lowest BCUT2D eigenvalue weighted by molar-refractivity contribution is 0.0613. The van der Waals surface area contributed by atoms with Gasteiger partial charge in [0.1, 0.15) is 6.61 Å². The average Bonchev–Trinajstić information content (AvgIpc) is 2.19. The monoisotopic (exact) mass is 223 g/mol. The van der Waals surface area contributed by atoms with Crippen LogP contribution in [-0.4, -0.2) is 49.8 Å². The Labute approximate surface area is 90.1 Å². The van der Waals surface area contributed by atoms with Gasteiger partial charge in [0.05, 0.1) is 13.2 Å². The highest BCUT2D eigenvalue weighted by molar-refractivity contribution is 6.17. The topological polar surface area (TPSA) is 38.8 Å². The average molecular weight is 224 g/mol. The van der Waals surface area contributed by atoms with E-state index in [9.17, 15) is 4.79 Å². The number of hydrogen-bond acceptors (Lipinski definition) is 3. The number of nitrogens with zero attached hydrogens (tertiary/aromatic N) is 1. The van der Waals surface area contributed by atoms with Crippen molar-refractivity contribution >= 4 is 17.7 Å². The Morgan fingerprint density at radius 1 is 1.21 bits per heavy atom. The molecule has 0 bridgehead atoms. The van der Waals surface area contributed by atoms with Crippen molar-refractivity contribution in [2.75, 3.05) is 38.8 Å². The number of rotatable bonds is 7. The SMILES string of the molecule is CCN(CC)C(=O)OCCOCCCl. The summed E-state index contributed by atoms with van der Waals surface area (Å²) in [6.45, 7) is 6.33. The molecule has 0 fully saturated rings. The first-order valence-electron chi connectivity index (χ1n) is 4.81. The molecule has 0 unspecified atom stereocenters. The third-order valence-electron chi connectivity index (χ3n) is 1.70. The predicted octanol–water partition coefficient (Wildman–Crippen LogP) is 1.72. The van der Waals surface area contributed by atoms with Crippen molar-refractivity contribution in [3.8, 4) is 0 Å². The molecular formula is C9H18ClNO3. The highest BCUT2D eigenvalue weighted by Crippen LogP contribution is 1.93. The van der Waals surface area contributed by atoms with Gasteiger partial charge in [-0.15, -0.1) is 11.6 Å². The molecule has 0 aliphatic heterocycles. The van der Waals surface area contributed by atoms with Gasteiger partial charge in [-0.1, -0.05) is 0 Å². The van der Waals surface area contributed by atoms with Crippen LogP contribution in [0.1, 0.15) is 13.8 Å². The molecule has 0 atom stereocenters. The molecule has 0 aromatic carbocycles. The molecule has 0 saturated heterocycles. The Kier molecular flexibility index (Phi) is 8.78. The predicted molar refractivity (Wildman–Crippen MR) is 55.8 cm³/mol. The van der Waals surface area contributed by atoms with E-state index in [1.807, 2.05) is 13.8 Å². The summed E-state index contributed by atoms with van der Waals surface area (Å²) in [6.07, 6.45) is -0.288. The van der Waals surface area contributed by atoms with Crippen LogP contribution in [0, 0.1) is 0 Å². The summed E-state index contributed by atoms with van der Waals surface area (Å²) in [6, 6.07) is 0. The van der Waals surface area contributed by atoms with Gasteiger partial charge in [-0.25, -0.2) is 4.79 Å². The zero-order valence-corrected chi connectivity index (χ0v) is 9.55. The molecule has 0 saturated carbocycles. The van der Waals surface area contributed by atoms with E-state index in [0.29, 0.717) is 32.2 Å². The Bertz CT molecular complexity index is 151. The Balaban J connectivity index is 3.43. The smallest absolute Gasteiger partial charge is 0.409 e. The van der Waals surface area contributed by atoms with Crippen molar-refractivity contribution in [3.63, 3.8) is 0 Å². The second-order valence-electron chi connectivity index (χ2n) is 2.59. The summed E-state index contributed by atoms with van der Waals surface area (Å²) < 4.78 is 10.0. The summed E-state index contributed by atoms with van der Waals surface area (Å²) in [5.41, 5.74) is 0. The second-order valence-corrected chi connectivity index (χ2v) is 2.97. The third kappa shape index (κ3) is 6.05. The molecule has 5 heteroatoms. The van der Waals surface area contributed by atoms with Crippen LogP contribution in [0.25, 0.3) is 0 Å². The zero-order valence-electron chi connectivity index (χ0n) is 8.79. The van der Waals surface area contributed by atoms with E-state index in [4.69, 9.17) is 21.1 Å². The molecule has 0 N–H and O–H groups in total. The van der Waals surface area contributed by atoms with Crippen molar-refractivity contribution in [2.24, 2.45) is 0 Å². The lowest BCUT2D eigenvalue weighted by atomic mass is 10.5. The summed E-state index contributed by atoms with van der Waals surface area (Å²) in [4.78, 5) is 12.9. The Morgan fingerprint density at radius 3 is 2.36 bits per heavy atom. The number of ether oxygens (including phenoxy) is 2. The van der Waals surface area contributed by atoms with Gasteiger partial charge in [0.15, 0.2) is 0 Å². The molecule has 84 valence electrons. The lowest BCUT2D eigenvalue weighted by Gasteiger charge is -2.17.